The molecule has 172 valence electrons. The molecule has 8 nitrogen and oxygen atoms in total. The van der Waals surface area contributed by atoms with Crippen molar-refractivity contribution >= 4 is 34.4 Å². The summed E-state index contributed by atoms with van der Waals surface area (Å²) in [4.78, 5) is 21.6. The first kappa shape index (κ1) is 21.9. The number of nitrogens with one attached hydrogen (secondary N) is 2. The van der Waals surface area contributed by atoms with Gasteiger partial charge in [0.25, 0.3) is 0 Å². The van der Waals surface area contributed by atoms with Crippen molar-refractivity contribution in [3.63, 3.8) is 0 Å². The van der Waals surface area contributed by atoms with Crippen molar-refractivity contribution < 1.29 is 19.0 Å². The zero-order valence-electron chi connectivity index (χ0n) is 18.4. The van der Waals surface area contributed by atoms with Crippen LogP contribution in [0.4, 0.5) is 5.69 Å². The average Bonchev–Trinajstić information content (AvgIpc) is 2.86. The van der Waals surface area contributed by atoms with Crippen LogP contribution in [0.15, 0.2) is 47.5 Å². The van der Waals surface area contributed by atoms with Crippen molar-refractivity contribution in [3.8, 4) is 11.6 Å². The number of hydrogen-bond donors (Lipinski definition) is 2. The normalized spacial score (nSPS) is 20.2. The van der Waals surface area contributed by atoms with E-state index in [0.29, 0.717) is 36.1 Å². The molecule has 1 fully saturated rings. The van der Waals surface area contributed by atoms with E-state index in [1.165, 1.54) is 0 Å². The lowest BCUT2D eigenvalue weighted by Crippen LogP contribution is -2.41. The molecule has 0 spiro atoms. The maximum Gasteiger partial charge on any atom is 0.234 e. The van der Waals surface area contributed by atoms with Gasteiger partial charge < -0.3 is 24.8 Å². The lowest BCUT2D eigenvalue weighted by atomic mass is 10.0. The van der Waals surface area contributed by atoms with E-state index in [-0.39, 0.29) is 18.1 Å². The molecule has 0 radical (unpaired) electrons. The Kier molecular flexibility index (Phi) is 6.61. The summed E-state index contributed by atoms with van der Waals surface area (Å²) in [5.41, 5.74) is 3.51. The second kappa shape index (κ2) is 9.94. The van der Waals surface area contributed by atoms with Crippen LogP contribution in [0.3, 0.4) is 0 Å². The number of nitrogens with zero attached hydrogens (tertiary/aromatic N) is 2. The molecule has 2 atom stereocenters. The molecule has 1 amide bonds. The number of rotatable bonds is 7. The van der Waals surface area contributed by atoms with E-state index >= 15 is 0 Å². The molecular weight excluding hydrogens is 440 g/mol. The number of amides is 1. The predicted molar refractivity (Wildman–Crippen MR) is 127 cm³/mol. The third kappa shape index (κ3) is 5.21. The molecule has 4 heterocycles. The zero-order chi connectivity index (χ0) is 22.6. The number of anilines is 1. The monoisotopic (exact) mass is 466 g/mol. The molecule has 2 aliphatic rings. The summed E-state index contributed by atoms with van der Waals surface area (Å²) in [6.07, 6.45) is 3.68. The summed E-state index contributed by atoms with van der Waals surface area (Å²) < 4.78 is 17.3. The molecule has 2 aromatic heterocycles. The van der Waals surface area contributed by atoms with Crippen LogP contribution < -0.4 is 20.1 Å². The average molecular weight is 467 g/mol. The summed E-state index contributed by atoms with van der Waals surface area (Å²) in [6.45, 7) is 1.83. The van der Waals surface area contributed by atoms with Crippen molar-refractivity contribution in [1.82, 2.24) is 15.3 Å². The fourth-order valence-corrected chi connectivity index (χ4v) is 4.79. The molecule has 1 saturated heterocycles. The van der Waals surface area contributed by atoms with Gasteiger partial charge >= 0.3 is 0 Å². The number of ether oxygens (including phenoxy) is 3. The smallest absolute Gasteiger partial charge is 0.234 e. The number of methoxy groups -OCH3 is 1. The first-order valence-corrected chi connectivity index (χ1v) is 12.0. The van der Waals surface area contributed by atoms with E-state index in [9.17, 15) is 4.79 Å². The second-order valence-corrected chi connectivity index (χ2v) is 9.14. The summed E-state index contributed by atoms with van der Waals surface area (Å²) in [6, 6.07) is 12.0. The van der Waals surface area contributed by atoms with Crippen molar-refractivity contribution in [2.75, 3.05) is 31.4 Å². The van der Waals surface area contributed by atoms with Crippen molar-refractivity contribution in [2.45, 2.75) is 36.4 Å². The van der Waals surface area contributed by atoms with Gasteiger partial charge in [-0.1, -0.05) is 6.07 Å². The number of benzene rings is 1. The van der Waals surface area contributed by atoms with E-state index in [0.717, 1.165) is 41.0 Å². The van der Waals surface area contributed by atoms with Gasteiger partial charge in [0.05, 0.1) is 36.8 Å². The van der Waals surface area contributed by atoms with Crippen LogP contribution >= 0.6 is 11.8 Å². The standard InChI is InChI=1S/C24H26N4O4S/c1-30-23-7-5-18-24(28-23)20(8-9-25-18)32-13-17-4-3-16(12-31-17)26-11-15-2-6-21-19(10-15)27-22(29)14-33-21/h2,5-10,16-17,26H,3-4,11-14H2,1H3,(H,27,29)/t16-,17+/m1/s1. The quantitative estimate of drug-likeness (QED) is 0.547. The first-order chi connectivity index (χ1) is 16.2. The van der Waals surface area contributed by atoms with Gasteiger partial charge in [0.1, 0.15) is 17.9 Å². The molecule has 1 aromatic carbocycles. The highest BCUT2D eigenvalue weighted by atomic mass is 32.2. The Hall–Kier alpha value is -2.88. The third-order valence-corrected chi connectivity index (χ3v) is 6.87. The van der Waals surface area contributed by atoms with Gasteiger partial charge in [-0.15, -0.1) is 11.8 Å². The minimum atomic E-state index is 0.0351. The lowest BCUT2D eigenvalue weighted by Gasteiger charge is -2.30. The first-order valence-electron chi connectivity index (χ1n) is 11.0. The molecule has 9 heteroatoms. The van der Waals surface area contributed by atoms with E-state index in [1.54, 1.807) is 31.1 Å². The van der Waals surface area contributed by atoms with Gasteiger partial charge in [-0.3, -0.25) is 9.78 Å². The zero-order valence-corrected chi connectivity index (χ0v) is 19.2. The van der Waals surface area contributed by atoms with E-state index < -0.39 is 0 Å². The lowest BCUT2D eigenvalue weighted by molar-refractivity contribution is -0.113. The molecule has 5 rings (SSSR count). The third-order valence-electron chi connectivity index (χ3n) is 5.80. The number of thioether (sulfide) groups is 1. The van der Waals surface area contributed by atoms with Crippen molar-refractivity contribution in [3.05, 3.63) is 48.2 Å². The maximum atomic E-state index is 11.6. The molecule has 0 bridgehead atoms. The van der Waals surface area contributed by atoms with Gasteiger partial charge in [-0.2, -0.15) is 0 Å². The van der Waals surface area contributed by atoms with Crippen LogP contribution in [-0.2, 0) is 16.1 Å². The fourth-order valence-electron chi connectivity index (χ4n) is 4.00. The highest BCUT2D eigenvalue weighted by Crippen LogP contribution is 2.32. The number of carbonyl (C=O) groups excluding carboxylic acids is 1. The van der Waals surface area contributed by atoms with Gasteiger partial charge in [0, 0.05) is 35.8 Å². The fraction of sp³-hybridized carbons (Fsp3) is 0.375. The van der Waals surface area contributed by atoms with Gasteiger partial charge in [0.2, 0.25) is 11.8 Å². The van der Waals surface area contributed by atoms with Gasteiger partial charge in [0.15, 0.2) is 0 Å². The molecule has 0 saturated carbocycles. The topological polar surface area (TPSA) is 94.6 Å². The van der Waals surface area contributed by atoms with Crippen molar-refractivity contribution in [2.24, 2.45) is 0 Å². The van der Waals surface area contributed by atoms with Crippen molar-refractivity contribution in [1.29, 1.82) is 0 Å². The Morgan fingerprint density at radius 3 is 3.03 bits per heavy atom. The second-order valence-electron chi connectivity index (χ2n) is 8.12. The number of hydrogen-bond acceptors (Lipinski definition) is 8. The summed E-state index contributed by atoms with van der Waals surface area (Å²) >= 11 is 1.58. The minimum absolute atomic E-state index is 0.0351. The van der Waals surface area contributed by atoms with E-state index in [4.69, 9.17) is 14.2 Å². The Labute approximate surface area is 196 Å². The molecule has 2 N–H and O–H groups in total. The minimum Gasteiger partial charge on any atom is -0.488 e. The molecule has 0 unspecified atom stereocenters. The highest BCUT2D eigenvalue weighted by Gasteiger charge is 2.23. The summed E-state index contributed by atoms with van der Waals surface area (Å²) in [5, 5.41) is 6.52. The van der Waals surface area contributed by atoms with Crippen LogP contribution in [0, 0.1) is 0 Å². The SMILES string of the molecule is COc1ccc2nccc(OC[C@@H]3CC[C@@H](NCc4ccc5c(c4)NC(=O)CS5)CO3)c2n1. The number of aromatic nitrogens is 2. The van der Waals surface area contributed by atoms with Crippen LogP contribution in [0.25, 0.3) is 11.0 Å². The summed E-state index contributed by atoms with van der Waals surface area (Å²) in [7, 11) is 1.59. The Morgan fingerprint density at radius 1 is 1.24 bits per heavy atom. The molecule has 0 aliphatic carbocycles. The highest BCUT2D eigenvalue weighted by molar-refractivity contribution is 8.00. The van der Waals surface area contributed by atoms with Crippen LogP contribution in [-0.4, -0.2) is 54.1 Å². The molecule has 2 aliphatic heterocycles. The van der Waals surface area contributed by atoms with Gasteiger partial charge in [-0.25, -0.2) is 4.98 Å². The largest absolute Gasteiger partial charge is 0.488 e. The van der Waals surface area contributed by atoms with Gasteiger partial charge in [-0.05, 0) is 36.6 Å². The Bertz CT molecular complexity index is 1150. The van der Waals surface area contributed by atoms with Crippen LogP contribution in [0.2, 0.25) is 0 Å². The van der Waals surface area contributed by atoms with Crippen LogP contribution in [0.5, 0.6) is 11.6 Å². The summed E-state index contributed by atoms with van der Waals surface area (Å²) in [5.74, 6) is 1.75. The number of fused-ring (bicyclic) bond motifs is 2. The Morgan fingerprint density at radius 2 is 2.18 bits per heavy atom. The Balaban J connectivity index is 1.11. The molecule has 33 heavy (non-hydrogen) atoms. The maximum absolute atomic E-state index is 11.6. The molecular formula is C24H26N4O4S. The predicted octanol–water partition coefficient (Wildman–Crippen LogP) is 3.40. The number of carbonyl (C=O) groups is 1. The molecule has 3 aromatic rings. The number of pyridine rings is 2. The van der Waals surface area contributed by atoms with E-state index in [1.807, 2.05) is 12.1 Å². The van der Waals surface area contributed by atoms with Crippen LogP contribution in [0.1, 0.15) is 18.4 Å². The van der Waals surface area contributed by atoms with E-state index in [2.05, 4.69) is 38.8 Å².